The third-order valence-electron chi connectivity index (χ3n) is 7.20. The molecule has 2 aromatic rings. The fourth-order valence-corrected chi connectivity index (χ4v) is 4.93. The van der Waals surface area contributed by atoms with Crippen LogP contribution in [0.1, 0.15) is 37.9 Å². The zero-order valence-electron chi connectivity index (χ0n) is 22.0. The molecule has 2 aliphatic heterocycles. The maximum Gasteiger partial charge on any atom is 0.222 e. The lowest BCUT2D eigenvalue weighted by atomic mass is 10.0. The highest BCUT2D eigenvalue weighted by Gasteiger charge is 2.28. The Balaban J connectivity index is 1.49. The number of fused-ring (bicyclic) bond motifs is 2. The van der Waals surface area contributed by atoms with E-state index in [1.807, 2.05) is 16.5 Å². The number of aromatic nitrogens is 3. The van der Waals surface area contributed by atoms with Gasteiger partial charge in [0, 0.05) is 45.6 Å². The average molecular weight is 501 g/mol. The highest BCUT2D eigenvalue weighted by Crippen LogP contribution is 2.31. The molecule has 36 heavy (non-hydrogen) atoms. The van der Waals surface area contributed by atoms with Crippen LogP contribution in [0.3, 0.4) is 0 Å². The summed E-state index contributed by atoms with van der Waals surface area (Å²) in [5, 5.41) is 18.0. The van der Waals surface area contributed by atoms with Crippen LogP contribution in [0, 0.1) is 5.92 Å². The molecule has 1 N–H and O–H groups in total. The number of aliphatic hydroxyl groups excluding tert-OH is 1. The molecule has 10 heteroatoms. The van der Waals surface area contributed by atoms with Gasteiger partial charge in [0.05, 0.1) is 49.5 Å². The highest BCUT2D eigenvalue weighted by atomic mass is 16.5. The zero-order chi connectivity index (χ0) is 25.7. The van der Waals surface area contributed by atoms with E-state index < -0.39 is 0 Å². The molecule has 0 spiro atoms. The summed E-state index contributed by atoms with van der Waals surface area (Å²) in [6, 6.07) is 6.16. The van der Waals surface area contributed by atoms with Crippen LogP contribution in [-0.2, 0) is 29.2 Å². The number of likely N-dealkylation sites (N-methyl/N-ethyl adjacent to an activating group) is 2. The van der Waals surface area contributed by atoms with Gasteiger partial charge in [-0.05, 0) is 38.1 Å². The molecule has 1 amide bonds. The van der Waals surface area contributed by atoms with Gasteiger partial charge in [-0.3, -0.25) is 9.69 Å². The largest absolute Gasteiger partial charge is 0.490 e. The van der Waals surface area contributed by atoms with Crippen molar-refractivity contribution in [2.45, 2.75) is 58.5 Å². The number of anilines is 1. The van der Waals surface area contributed by atoms with E-state index in [4.69, 9.17) is 9.47 Å². The number of ether oxygens (including phenoxy) is 2. The monoisotopic (exact) mass is 500 g/mol. The van der Waals surface area contributed by atoms with Crippen molar-refractivity contribution in [2.24, 2.45) is 5.92 Å². The van der Waals surface area contributed by atoms with Crippen molar-refractivity contribution in [3.8, 4) is 5.75 Å². The number of aliphatic hydroxyl groups is 1. The molecule has 10 nitrogen and oxygen atoms in total. The van der Waals surface area contributed by atoms with Crippen LogP contribution in [0.4, 0.5) is 5.69 Å². The van der Waals surface area contributed by atoms with Gasteiger partial charge in [0.25, 0.3) is 0 Å². The van der Waals surface area contributed by atoms with Gasteiger partial charge >= 0.3 is 0 Å². The molecule has 3 heterocycles. The minimum absolute atomic E-state index is 0.0526. The topological polar surface area (TPSA) is 96.2 Å². The molecule has 0 fully saturated rings. The van der Waals surface area contributed by atoms with Crippen LogP contribution < -0.4 is 9.64 Å². The van der Waals surface area contributed by atoms with E-state index in [1.165, 1.54) is 5.56 Å². The van der Waals surface area contributed by atoms with Crippen LogP contribution in [0.25, 0.3) is 0 Å². The Hall–Kier alpha value is -2.69. The number of aryl methyl sites for hydroxylation is 1. The average Bonchev–Trinajstić information content (AvgIpc) is 3.31. The second kappa shape index (κ2) is 12.0. The maximum atomic E-state index is 13.0. The third-order valence-corrected chi connectivity index (χ3v) is 7.20. The lowest BCUT2D eigenvalue weighted by Crippen LogP contribution is -2.47. The van der Waals surface area contributed by atoms with Gasteiger partial charge in [-0.2, -0.15) is 0 Å². The van der Waals surface area contributed by atoms with Gasteiger partial charge in [-0.1, -0.05) is 18.2 Å². The first-order valence-corrected chi connectivity index (χ1v) is 12.9. The predicted molar refractivity (Wildman–Crippen MR) is 137 cm³/mol. The Morgan fingerprint density at radius 3 is 2.94 bits per heavy atom. The molecule has 2 aliphatic rings. The predicted octanol–water partition coefficient (Wildman–Crippen LogP) is 1.76. The number of nitrogens with zero attached hydrogens (tertiary/aromatic N) is 6. The molecule has 0 unspecified atom stereocenters. The van der Waals surface area contributed by atoms with Crippen molar-refractivity contribution in [1.82, 2.24) is 24.8 Å². The van der Waals surface area contributed by atoms with E-state index in [1.54, 1.807) is 6.20 Å². The number of amides is 1. The summed E-state index contributed by atoms with van der Waals surface area (Å²) < 4.78 is 14.2. The summed E-state index contributed by atoms with van der Waals surface area (Å²) >= 11 is 0. The summed E-state index contributed by atoms with van der Waals surface area (Å²) in [7, 11) is 4.17. The van der Waals surface area contributed by atoms with Gasteiger partial charge in [0.1, 0.15) is 12.4 Å². The number of hydrogen-bond donors (Lipinski definition) is 1. The molecule has 0 bridgehead atoms. The maximum absolute atomic E-state index is 13.0. The smallest absolute Gasteiger partial charge is 0.222 e. The fraction of sp³-hybridized carbons (Fsp3) is 0.654. The van der Waals surface area contributed by atoms with Crippen molar-refractivity contribution in [3.63, 3.8) is 0 Å². The molecule has 198 valence electrons. The summed E-state index contributed by atoms with van der Waals surface area (Å²) in [4.78, 5) is 19.3. The van der Waals surface area contributed by atoms with Gasteiger partial charge < -0.3 is 24.4 Å². The molecule has 0 saturated carbocycles. The van der Waals surface area contributed by atoms with Gasteiger partial charge in [0.2, 0.25) is 5.91 Å². The van der Waals surface area contributed by atoms with E-state index >= 15 is 0 Å². The molecule has 1 aromatic carbocycles. The summed E-state index contributed by atoms with van der Waals surface area (Å²) in [6.45, 7) is 8.55. The molecule has 0 radical (unpaired) electrons. The van der Waals surface area contributed by atoms with Crippen LogP contribution in [0.2, 0.25) is 0 Å². The van der Waals surface area contributed by atoms with Gasteiger partial charge in [-0.15, -0.1) is 5.10 Å². The number of carbonyl (C=O) groups excluding carboxylic acids is 1. The Labute approximate surface area is 213 Å². The second-order valence-corrected chi connectivity index (χ2v) is 10.2. The van der Waals surface area contributed by atoms with E-state index in [2.05, 4.69) is 59.3 Å². The highest BCUT2D eigenvalue weighted by molar-refractivity contribution is 5.76. The van der Waals surface area contributed by atoms with Crippen LogP contribution in [0.15, 0.2) is 24.4 Å². The molecule has 3 atom stereocenters. The quantitative estimate of drug-likeness (QED) is 0.641. The van der Waals surface area contributed by atoms with Crippen molar-refractivity contribution >= 4 is 11.6 Å². The SMILES string of the molecule is C[C@H](CO)N1C[C@H](C)[C@H](CN(C)Cc2ccc3c(c2)OCCN3C)OCc2cnnn2CCCC1=O. The van der Waals surface area contributed by atoms with Crippen molar-refractivity contribution in [3.05, 3.63) is 35.7 Å². The van der Waals surface area contributed by atoms with Gasteiger partial charge in [0.15, 0.2) is 0 Å². The van der Waals surface area contributed by atoms with E-state index in [-0.39, 0.29) is 30.6 Å². The summed E-state index contributed by atoms with van der Waals surface area (Å²) in [6.07, 6.45) is 2.70. The summed E-state index contributed by atoms with van der Waals surface area (Å²) in [5.41, 5.74) is 3.22. The van der Waals surface area contributed by atoms with Crippen molar-refractivity contribution in [1.29, 1.82) is 0 Å². The Bertz CT molecular complexity index is 1010. The van der Waals surface area contributed by atoms with Crippen LogP contribution in [-0.4, -0.2) is 94.9 Å². The number of benzene rings is 1. The standard InChI is InChI=1S/C26H40N6O4/c1-19-14-31(20(2)17-33)26(34)6-5-9-32-22(13-27-28-32)18-36-25(19)16-29(3)15-21-7-8-23-24(12-21)35-11-10-30(23)4/h7-8,12-13,19-20,25,33H,5-6,9-11,14-18H2,1-4H3/t19-,20+,25-/m0/s1. The first-order valence-electron chi connectivity index (χ1n) is 12.9. The lowest BCUT2D eigenvalue weighted by molar-refractivity contribution is -0.136. The second-order valence-electron chi connectivity index (χ2n) is 10.2. The first kappa shape index (κ1) is 26.4. The lowest BCUT2D eigenvalue weighted by Gasteiger charge is -2.35. The Morgan fingerprint density at radius 2 is 2.14 bits per heavy atom. The molecular formula is C26H40N6O4. The zero-order valence-corrected chi connectivity index (χ0v) is 22.0. The molecule has 1 aromatic heterocycles. The minimum Gasteiger partial charge on any atom is -0.490 e. The Kier molecular flexibility index (Phi) is 8.81. The van der Waals surface area contributed by atoms with Crippen LogP contribution in [0.5, 0.6) is 5.75 Å². The minimum atomic E-state index is -0.239. The third kappa shape index (κ3) is 6.35. The molecule has 4 rings (SSSR count). The van der Waals surface area contributed by atoms with E-state index in [0.29, 0.717) is 45.7 Å². The molecular weight excluding hydrogens is 460 g/mol. The molecule has 0 aliphatic carbocycles. The number of carbonyl (C=O) groups is 1. The van der Waals surface area contributed by atoms with Crippen LogP contribution >= 0.6 is 0 Å². The van der Waals surface area contributed by atoms with E-state index in [0.717, 1.165) is 30.2 Å². The van der Waals surface area contributed by atoms with Crippen molar-refractivity contribution in [2.75, 3.05) is 51.8 Å². The number of hydrogen-bond acceptors (Lipinski definition) is 8. The van der Waals surface area contributed by atoms with E-state index in [9.17, 15) is 9.90 Å². The van der Waals surface area contributed by atoms with Gasteiger partial charge in [-0.25, -0.2) is 4.68 Å². The fourth-order valence-electron chi connectivity index (χ4n) is 4.93. The number of rotatable bonds is 6. The van der Waals surface area contributed by atoms with Crippen molar-refractivity contribution < 1.29 is 19.4 Å². The molecule has 0 saturated heterocycles. The summed E-state index contributed by atoms with van der Waals surface area (Å²) in [5.74, 6) is 1.05. The first-order chi connectivity index (χ1) is 17.4. The normalized spacial score (nSPS) is 22.3. The Morgan fingerprint density at radius 1 is 1.31 bits per heavy atom.